The molecular weight excluding hydrogens is 382 g/mol. The summed E-state index contributed by atoms with van der Waals surface area (Å²) < 4.78 is 16.2. The van der Waals surface area contributed by atoms with Crippen molar-refractivity contribution < 1.29 is 18.8 Å². The van der Waals surface area contributed by atoms with E-state index in [9.17, 15) is 4.79 Å². The Morgan fingerprint density at radius 3 is 2.60 bits per heavy atom. The van der Waals surface area contributed by atoms with E-state index in [2.05, 4.69) is 10.1 Å². The van der Waals surface area contributed by atoms with Crippen LogP contribution in [0.15, 0.2) is 40.9 Å². The lowest BCUT2D eigenvalue weighted by Gasteiger charge is -2.22. The first kappa shape index (κ1) is 19.9. The number of nitrogens with zero attached hydrogens (tertiary/aromatic N) is 3. The van der Waals surface area contributed by atoms with Crippen molar-refractivity contribution in [2.75, 3.05) is 20.8 Å². The fourth-order valence-electron chi connectivity index (χ4n) is 3.77. The molecular formula is C23H25N3O4. The Kier molecular flexibility index (Phi) is 5.44. The van der Waals surface area contributed by atoms with Crippen LogP contribution < -0.4 is 9.47 Å². The van der Waals surface area contributed by atoms with Crippen LogP contribution in [-0.4, -0.2) is 41.7 Å². The molecule has 1 atom stereocenters. The molecule has 30 heavy (non-hydrogen) atoms. The van der Waals surface area contributed by atoms with Crippen molar-refractivity contribution in [3.63, 3.8) is 0 Å². The minimum absolute atomic E-state index is 0.00790. The highest BCUT2D eigenvalue weighted by atomic mass is 16.5. The van der Waals surface area contributed by atoms with E-state index in [-0.39, 0.29) is 11.9 Å². The fourth-order valence-corrected chi connectivity index (χ4v) is 3.77. The average molecular weight is 407 g/mol. The number of carbonyl (C=O) groups is 1. The lowest BCUT2D eigenvalue weighted by atomic mass is 10.1. The SMILES string of the molecule is COc1ccc(-c2noc([C@@H]3CCCN3C(=O)c3ccc(C)c(C)c3)n2)cc1OC. The Morgan fingerprint density at radius 2 is 1.87 bits per heavy atom. The third-order valence-corrected chi connectivity index (χ3v) is 5.64. The Hall–Kier alpha value is -3.35. The summed E-state index contributed by atoms with van der Waals surface area (Å²) in [5.74, 6) is 2.12. The van der Waals surface area contributed by atoms with Crippen LogP contribution in [0, 0.1) is 13.8 Å². The van der Waals surface area contributed by atoms with Crippen LogP contribution in [-0.2, 0) is 0 Å². The summed E-state index contributed by atoms with van der Waals surface area (Å²) in [7, 11) is 3.17. The molecule has 7 heteroatoms. The number of aromatic nitrogens is 2. The van der Waals surface area contributed by atoms with Gasteiger partial charge < -0.3 is 18.9 Å². The second-order valence-corrected chi connectivity index (χ2v) is 7.48. The first-order valence-electron chi connectivity index (χ1n) is 9.96. The topological polar surface area (TPSA) is 77.7 Å². The Balaban J connectivity index is 1.59. The standard InChI is InChI=1S/C23H25N3O4/c1-14-7-8-17(12-15(14)2)23(27)26-11-5-6-18(26)22-24-21(25-30-22)16-9-10-19(28-3)20(13-16)29-4/h7-10,12-13,18H,5-6,11H2,1-4H3/t18-/m0/s1. The normalized spacial score (nSPS) is 16.0. The molecule has 3 aromatic rings. The zero-order valence-electron chi connectivity index (χ0n) is 17.6. The van der Waals surface area contributed by atoms with E-state index >= 15 is 0 Å². The molecule has 156 valence electrons. The van der Waals surface area contributed by atoms with Crippen molar-refractivity contribution >= 4 is 5.91 Å². The van der Waals surface area contributed by atoms with Gasteiger partial charge in [-0.25, -0.2) is 0 Å². The van der Waals surface area contributed by atoms with Crippen LogP contribution in [0.2, 0.25) is 0 Å². The third kappa shape index (κ3) is 3.63. The third-order valence-electron chi connectivity index (χ3n) is 5.64. The number of likely N-dealkylation sites (tertiary alicyclic amines) is 1. The number of carbonyl (C=O) groups excluding carboxylic acids is 1. The van der Waals surface area contributed by atoms with E-state index in [0.29, 0.717) is 35.3 Å². The number of rotatable bonds is 5. The molecule has 0 unspecified atom stereocenters. The molecule has 1 amide bonds. The van der Waals surface area contributed by atoms with Crippen LogP contribution in [0.25, 0.3) is 11.4 Å². The quantitative estimate of drug-likeness (QED) is 0.626. The zero-order valence-corrected chi connectivity index (χ0v) is 17.6. The molecule has 1 fully saturated rings. The van der Waals surface area contributed by atoms with E-state index in [1.165, 1.54) is 5.56 Å². The Bertz CT molecular complexity index is 1080. The van der Waals surface area contributed by atoms with Crippen molar-refractivity contribution in [1.29, 1.82) is 0 Å². The van der Waals surface area contributed by atoms with Gasteiger partial charge in [-0.15, -0.1) is 0 Å². The molecule has 0 N–H and O–H groups in total. The summed E-state index contributed by atoms with van der Waals surface area (Å²) >= 11 is 0. The van der Waals surface area contributed by atoms with E-state index in [1.807, 2.05) is 43.0 Å². The number of hydrogen-bond acceptors (Lipinski definition) is 6. The van der Waals surface area contributed by atoms with E-state index in [0.717, 1.165) is 24.0 Å². The van der Waals surface area contributed by atoms with Crippen LogP contribution in [0.5, 0.6) is 11.5 Å². The molecule has 0 bridgehead atoms. The lowest BCUT2D eigenvalue weighted by Crippen LogP contribution is -2.30. The maximum Gasteiger partial charge on any atom is 0.254 e. The summed E-state index contributed by atoms with van der Waals surface area (Å²) in [5.41, 5.74) is 3.71. The van der Waals surface area contributed by atoms with Gasteiger partial charge in [0.25, 0.3) is 5.91 Å². The average Bonchev–Trinajstić information content (AvgIpc) is 3.44. The monoisotopic (exact) mass is 407 g/mol. The molecule has 0 radical (unpaired) electrons. The predicted octanol–water partition coefficient (Wildman–Crippen LogP) is 4.35. The molecule has 7 nitrogen and oxygen atoms in total. The van der Waals surface area contributed by atoms with Gasteiger partial charge >= 0.3 is 0 Å². The fraction of sp³-hybridized carbons (Fsp3) is 0.348. The highest BCUT2D eigenvalue weighted by Gasteiger charge is 2.34. The maximum atomic E-state index is 13.1. The van der Waals surface area contributed by atoms with Crippen molar-refractivity contribution in [3.05, 3.63) is 59.0 Å². The predicted molar refractivity (Wildman–Crippen MR) is 112 cm³/mol. The molecule has 1 saturated heterocycles. The summed E-state index contributed by atoms with van der Waals surface area (Å²) in [6, 6.07) is 11.0. The van der Waals surface area contributed by atoms with Crippen molar-refractivity contribution in [2.24, 2.45) is 0 Å². The second-order valence-electron chi connectivity index (χ2n) is 7.48. The van der Waals surface area contributed by atoms with E-state index < -0.39 is 0 Å². The Morgan fingerprint density at radius 1 is 1.07 bits per heavy atom. The number of methoxy groups -OCH3 is 2. The number of benzene rings is 2. The largest absolute Gasteiger partial charge is 0.493 e. The number of aryl methyl sites for hydroxylation is 2. The van der Waals surface area contributed by atoms with Crippen LogP contribution >= 0.6 is 0 Å². The molecule has 0 saturated carbocycles. The van der Waals surface area contributed by atoms with Gasteiger partial charge in [-0.1, -0.05) is 11.2 Å². The summed E-state index contributed by atoms with van der Waals surface area (Å²) in [6.07, 6.45) is 1.69. The molecule has 0 aliphatic carbocycles. The van der Waals surface area contributed by atoms with Gasteiger partial charge in [-0.2, -0.15) is 4.98 Å². The van der Waals surface area contributed by atoms with Crippen molar-refractivity contribution in [3.8, 4) is 22.9 Å². The molecule has 1 aromatic heterocycles. The van der Waals surface area contributed by atoms with Gasteiger partial charge in [0.1, 0.15) is 6.04 Å². The molecule has 1 aliphatic heterocycles. The van der Waals surface area contributed by atoms with Gasteiger partial charge in [-0.05, 0) is 68.1 Å². The maximum absolute atomic E-state index is 13.1. The summed E-state index contributed by atoms with van der Waals surface area (Å²) in [6.45, 7) is 4.72. The molecule has 2 aromatic carbocycles. The highest BCUT2D eigenvalue weighted by Crippen LogP contribution is 2.35. The van der Waals surface area contributed by atoms with Crippen molar-refractivity contribution in [1.82, 2.24) is 15.0 Å². The Labute approximate surface area is 175 Å². The molecule has 1 aliphatic rings. The first-order chi connectivity index (χ1) is 14.5. The van der Waals surface area contributed by atoms with Gasteiger partial charge in [-0.3, -0.25) is 4.79 Å². The number of amides is 1. The van der Waals surface area contributed by atoms with Crippen molar-refractivity contribution in [2.45, 2.75) is 32.7 Å². The van der Waals surface area contributed by atoms with E-state index in [4.69, 9.17) is 14.0 Å². The van der Waals surface area contributed by atoms with Gasteiger partial charge in [0.05, 0.1) is 14.2 Å². The molecule has 4 rings (SSSR count). The molecule has 0 spiro atoms. The smallest absolute Gasteiger partial charge is 0.254 e. The second kappa shape index (κ2) is 8.18. The highest BCUT2D eigenvalue weighted by molar-refractivity contribution is 5.95. The number of ether oxygens (including phenoxy) is 2. The van der Waals surface area contributed by atoms with E-state index in [1.54, 1.807) is 26.4 Å². The van der Waals surface area contributed by atoms with Gasteiger partial charge in [0.15, 0.2) is 11.5 Å². The lowest BCUT2D eigenvalue weighted by molar-refractivity contribution is 0.0710. The van der Waals surface area contributed by atoms with Gasteiger partial charge in [0, 0.05) is 17.7 Å². The molecule has 2 heterocycles. The van der Waals surface area contributed by atoms with Gasteiger partial charge in [0.2, 0.25) is 11.7 Å². The van der Waals surface area contributed by atoms with Crippen LogP contribution in [0.4, 0.5) is 0 Å². The first-order valence-corrected chi connectivity index (χ1v) is 9.96. The minimum atomic E-state index is -0.222. The summed E-state index contributed by atoms with van der Waals surface area (Å²) in [5, 5.41) is 4.13. The van der Waals surface area contributed by atoms with Crippen LogP contribution in [0.3, 0.4) is 0 Å². The number of hydrogen-bond donors (Lipinski definition) is 0. The van der Waals surface area contributed by atoms with Crippen LogP contribution in [0.1, 0.15) is 46.3 Å². The minimum Gasteiger partial charge on any atom is -0.493 e. The summed E-state index contributed by atoms with van der Waals surface area (Å²) in [4.78, 5) is 19.5. The zero-order chi connectivity index (χ0) is 21.3.